The molecule has 0 saturated carbocycles. The van der Waals surface area contributed by atoms with Crippen LogP contribution in [0.15, 0.2) is 29.2 Å². The molecule has 0 fully saturated rings. The molecule has 1 aromatic rings. The van der Waals surface area contributed by atoms with Crippen LogP contribution >= 0.6 is 0 Å². The monoisotopic (exact) mass is 438 g/mol. The number of hydrogen-bond acceptors (Lipinski definition) is 3. The van der Waals surface area contributed by atoms with Crippen molar-refractivity contribution < 1.29 is 13.2 Å². The van der Waals surface area contributed by atoms with Crippen LogP contribution in [0.1, 0.15) is 110 Å². The van der Waals surface area contributed by atoms with Gasteiger partial charge in [-0.25, -0.2) is 13.6 Å². The summed E-state index contributed by atoms with van der Waals surface area (Å²) in [6, 6.07) is 5.92. The molecule has 3 N–H and O–H groups in total. The third-order valence-corrected chi connectivity index (χ3v) is 6.40. The highest BCUT2D eigenvalue weighted by molar-refractivity contribution is 7.89. The van der Waals surface area contributed by atoms with Gasteiger partial charge in [-0.05, 0) is 30.7 Å². The summed E-state index contributed by atoms with van der Waals surface area (Å²) in [4.78, 5) is 12.0. The number of nitrogens with two attached hydrogens (primary N) is 1. The second-order valence-corrected chi connectivity index (χ2v) is 9.88. The molecule has 30 heavy (non-hydrogen) atoms. The highest BCUT2D eigenvalue weighted by Gasteiger charge is 2.08. The molecule has 0 bridgehead atoms. The number of carbonyl (C=O) groups excluding carboxylic acids is 1. The van der Waals surface area contributed by atoms with Crippen LogP contribution in [0.5, 0.6) is 0 Å². The number of rotatable bonds is 18. The lowest BCUT2D eigenvalue weighted by Crippen LogP contribution is -2.13. The lowest BCUT2D eigenvalue weighted by Gasteiger charge is -2.06. The molecule has 0 aliphatic rings. The maximum Gasteiger partial charge on any atom is 0.238 e. The van der Waals surface area contributed by atoms with Gasteiger partial charge in [0.15, 0.2) is 0 Å². The van der Waals surface area contributed by atoms with E-state index in [1.54, 1.807) is 12.1 Å². The van der Waals surface area contributed by atoms with Gasteiger partial charge >= 0.3 is 0 Å². The Hall–Kier alpha value is -1.40. The number of amides is 1. The summed E-state index contributed by atoms with van der Waals surface area (Å²) in [5.41, 5.74) is 0.591. The van der Waals surface area contributed by atoms with Gasteiger partial charge in [0.05, 0.1) is 4.90 Å². The molecule has 1 aromatic carbocycles. The van der Waals surface area contributed by atoms with E-state index >= 15 is 0 Å². The van der Waals surface area contributed by atoms with E-state index in [1.807, 2.05) is 0 Å². The Balaban J connectivity index is 1.92. The first-order valence-corrected chi connectivity index (χ1v) is 13.4. The quantitative estimate of drug-likeness (QED) is 0.255. The number of benzene rings is 1. The molecule has 0 atom stereocenters. The second kappa shape index (κ2) is 16.3. The van der Waals surface area contributed by atoms with Crippen molar-refractivity contribution in [1.82, 2.24) is 0 Å². The van der Waals surface area contributed by atoms with Gasteiger partial charge < -0.3 is 5.32 Å². The molecule has 0 spiro atoms. The Morgan fingerprint density at radius 2 is 1.13 bits per heavy atom. The summed E-state index contributed by atoms with van der Waals surface area (Å²) >= 11 is 0. The highest BCUT2D eigenvalue weighted by atomic mass is 32.2. The standard InChI is InChI=1S/C24H42N2O3S/c1-2-3-4-5-6-7-8-9-10-11-12-13-14-15-16-17-24(27)26-22-18-20-23(21-19-22)30(25,28)29/h18-21H,2-17H2,1H3,(H,26,27)(H2,25,28,29). The summed E-state index contributed by atoms with van der Waals surface area (Å²) in [7, 11) is -3.70. The average Bonchev–Trinajstić information content (AvgIpc) is 2.70. The van der Waals surface area contributed by atoms with Crippen LogP contribution in [0, 0.1) is 0 Å². The van der Waals surface area contributed by atoms with Crippen molar-refractivity contribution >= 4 is 21.6 Å². The van der Waals surface area contributed by atoms with Crippen molar-refractivity contribution in [3.63, 3.8) is 0 Å². The zero-order chi connectivity index (χ0) is 22.1. The summed E-state index contributed by atoms with van der Waals surface area (Å²) in [6.45, 7) is 2.26. The first-order chi connectivity index (χ1) is 14.4. The van der Waals surface area contributed by atoms with Gasteiger partial charge in [0.2, 0.25) is 15.9 Å². The molecule has 0 aliphatic heterocycles. The summed E-state index contributed by atoms with van der Waals surface area (Å²) < 4.78 is 22.4. The van der Waals surface area contributed by atoms with E-state index in [0.29, 0.717) is 12.1 Å². The second-order valence-electron chi connectivity index (χ2n) is 8.32. The summed E-state index contributed by atoms with van der Waals surface area (Å²) in [5.74, 6) is -0.0342. The van der Waals surface area contributed by atoms with Crippen molar-refractivity contribution in [2.45, 2.75) is 115 Å². The van der Waals surface area contributed by atoms with Gasteiger partial charge in [0.1, 0.15) is 0 Å². The minimum Gasteiger partial charge on any atom is -0.326 e. The van der Waals surface area contributed by atoms with Crippen LogP contribution in [-0.2, 0) is 14.8 Å². The Labute approximate surface area is 184 Å². The Morgan fingerprint density at radius 1 is 0.733 bits per heavy atom. The number of carbonyl (C=O) groups is 1. The molecule has 0 unspecified atom stereocenters. The van der Waals surface area contributed by atoms with E-state index in [2.05, 4.69) is 12.2 Å². The minimum absolute atomic E-state index is 0.0342. The zero-order valence-corrected chi connectivity index (χ0v) is 19.6. The fraction of sp³-hybridized carbons (Fsp3) is 0.708. The van der Waals surface area contributed by atoms with E-state index in [1.165, 1.54) is 95.6 Å². The topological polar surface area (TPSA) is 89.3 Å². The molecule has 1 amide bonds. The SMILES string of the molecule is CCCCCCCCCCCCCCCCCC(=O)Nc1ccc(S(N)(=O)=O)cc1. The molecule has 0 heterocycles. The van der Waals surface area contributed by atoms with E-state index in [-0.39, 0.29) is 10.8 Å². The molecule has 6 heteroatoms. The van der Waals surface area contributed by atoms with Gasteiger partial charge in [-0.1, -0.05) is 96.8 Å². The molecule has 0 aliphatic carbocycles. The van der Waals surface area contributed by atoms with E-state index in [0.717, 1.165) is 12.8 Å². The molecular formula is C24H42N2O3S. The number of hydrogen-bond donors (Lipinski definition) is 2. The van der Waals surface area contributed by atoms with E-state index < -0.39 is 10.0 Å². The van der Waals surface area contributed by atoms with Crippen LogP contribution in [0.25, 0.3) is 0 Å². The largest absolute Gasteiger partial charge is 0.326 e. The van der Waals surface area contributed by atoms with Crippen molar-refractivity contribution in [2.75, 3.05) is 5.32 Å². The zero-order valence-electron chi connectivity index (χ0n) is 18.8. The number of sulfonamides is 1. The first-order valence-electron chi connectivity index (χ1n) is 11.9. The molecule has 5 nitrogen and oxygen atoms in total. The van der Waals surface area contributed by atoms with Gasteiger partial charge in [-0.15, -0.1) is 0 Å². The molecule has 172 valence electrons. The van der Waals surface area contributed by atoms with Gasteiger partial charge in [0, 0.05) is 12.1 Å². The van der Waals surface area contributed by atoms with Gasteiger partial charge in [-0.2, -0.15) is 0 Å². The van der Waals surface area contributed by atoms with Crippen molar-refractivity contribution in [3.05, 3.63) is 24.3 Å². The number of nitrogens with one attached hydrogen (secondary N) is 1. The molecule has 0 aromatic heterocycles. The number of anilines is 1. The fourth-order valence-electron chi connectivity index (χ4n) is 3.61. The van der Waals surface area contributed by atoms with Crippen molar-refractivity contribution in [3.8, 4) is 0 Å². The van der Waals surface area contributed by atoms with Crippen LogP contribution in [0.3, 0.4) is 0 Å². The fourth-order valence-corrected chi connectivity index (χ4v) is 4.12. The van der Waals surface area contributed by atoms with Crippen molar-refractivity contribution in [2.24, 2.45) is 5.14 Å². The normalized spacial score (nSPS) is 11.5. The maximum absolute atomic E-state index is 12.0. The Bertz CT molecular complexity index is 672. The van der Waals surface area contributed by atoms with Gasteiger partial charge in [-0.3, -0.25) is 4.79 Å². The Morgan fingerprint density at radius 3 is 1.53 bits per heavy atom. The van der Waals surface area contributed by atoms with E-state index in [4.69, 9.17) is 5.14 Å². The van der Waals surface area contributed by atoms with Crippen LogP contribution < -0.4 is 10.5 Å². The third kappa shape index (κ3) is 13.8. The summed E-state index contributed by atoms with van der Waals surface area (Å²) in [5, 5.41) is 7.86. The van der Waals surface area contributed by atoms with Crippen LogP contribution in [0.4, 0.5) is 5.69 Å². The molecular weight excluding hydrogens is 396 g/mol. The maximum atomic E-state index is 12.0. The highest BCUT2D eigenvalue weighted by Crippen LogP contribution is 2.15. The van der Waals surface area contributed by atoms with E-state index in [9.17, 15) is 13.2 Å². The number of unbranched alkanes of at least 4 members (excludes halogenated alkanes) is 14. The summed E-state index contributed by atoms with van der Waals surface area (Å²) in [6.07, 6.45) is 20.0. The minimum atomic E-state index is -3.70. The average molecular weight is 439 g/mol. The lowest BCUT2D eigenvalue weighted by atomic mass is 10.0. The molecule has 0 radical (unpaired) electrons. The molecule has 0 saturated heterocycles. The lowest BCUT2D eigenvalue weighted by molar-refractivity contribution is -0.116. The smallest absolute Gasteiger partial charge is 0.238 e. The Kier molecular flexibility index (Phi) is 14.5. The van der Waals surface area contributed by atoms with Crippen LogP contribution in [-0.4, -0.2) is 14.3 Å². The molecule has 1 rings (SSSR count). The predicted octanol–water partition coefficient (Wildman–Crippen LogP) is 6.53. The third-order valence-electron chi connectivity index (χ3n) is 5.47. The first kappa shape index (κ1) is 26.6. The predicted molar refractivity (Wildman–Crippen MR) is 126 cm³/mol. The van der Waals surface area contributed by atoms with Crippen molar-refractivity contribution in [1.29, 1.82) is 0 Å². The number of primary sulfonamides is 1. The van der Waals surface area contributed by atoms with Gasteiger partial charge in [0.25, 0.3) is 0 Å². The van der Waals surface area contributed by atoms with Crippen LogP contribution in [0.2, 0.25) is 0 Å².